The summed E-state index contributed by atoms with van der Waals surface area (Å²) in [5.74, 6) is -1.31. The number of benzene rings is 1. The smallest absolute Gasteiger partial charge is 0.416 e. The Hall–Kier alpha value is -2.09. The summed E-state index contributed by atoms with van der Waals surface area (Å²) in [7, 11) is 2.43. The second-order valence-corrected chi connectivity index (χ2v) is 4.48. The zero-order chi connectivity index (χ0) is 16.8. The minimum absolute atomic E-state index is 0.119. The van der Waals surface area contributed by atoms with Gasteiger partial charge in [-0.1, -0.05) is 18.2 Å². The molecule has 0 bridgehead atoms. The van der Waals surface area contributed by atoms with E-state index in [2.05, 4.69) is 14.8 Å². The molecule has 1 N–H and O–H groups in total. The van der Waals surface area contributed by atoms with Crippen LogP contribution in [0.4, 0.5) is 13.2 Å². The minimum Gasteiger partial charge on any atom is -0.467 e. The highest BCUT2D eigenvalue weighted by molar-refractivity contribution is 5.85. The van der Waals surface area contributed by atoms with Crippen molar-refractivity contribution >= 4 is 11.9 Å². The van der Waals surface area contributed by atoms with Gasteiger partial charge in [-0.2, -0.15) is 13.2 Å². The normalized spacial score (nSPS) is 12.6. The third-order valence-electron chi connectivity index (χ3n) is 2.79. The van der Waals surface area contributed by atoms with Crippen molar-refractivity contribution < 1.29 is 32.2 Å². The molecule has 5 nitrogen and oxygen atoms in total. The van der Waals surface area contributed by atoms with Gasteiger partial charge in [-0.05, 0) is 11.6 Å². The number of carbonyl (C=O) groups excluding carboxylic acids is 2. The number of rotatable bonds is 6. The van der Waals surface area contributed by atoms with Crippen LogP contribution in [0.1, 0.15) is 11.1 Å². The Morgan fingerprint density at radius 1 is 1.27 bits per heavy atom. The second kappa shape index (κ2) is 7.79. The average molecular weight is 319 g/mol. The quantitative estimate of drug-likeness (QED) is 0.808. The summed E-state index contributed by atoms with van der Waals surface area (Å²) in [4.78, 5) is 23.1. The highest BCUT2D eigenvalue weighted by atomic mass is 19.4. The fourth-order valence-electron chi connectivity index (χ4n) is 1.81. The molecule has 0 aliphatic carbocycles. The van der Waals surface area contributed by atoms with Crippen LogP contribution in [0.3, 0.4) is 0 Å². The van der Waals surface area contributed by atoms with Gasteiger partial charge in [0, 0.05) is 13.5 Å². The molecule has 1 amide bonds. The summed E-state index contributed by atoms with van der Waals surface area (Å²) in [5, 5.41) is 2.36. The Morgan fingerprint density at radius 3 is 2.50 bits per heavy atom. The molecule has 22 heavy (non-hydrogen) atoms. The van der Waals surface area contributed by atoms with Gasteiger partial charge in [0.05, 0.1) is 12.7 Å². The summed E-state index contributed by atoms with van der Waals surface area (Å²) in [6.45, 7) is -0.268. The average Bonchev–Trinajstić information content (AvgIpc) is 2.45. The van der Waals surface area contributed by atoms with Gasteiger partial charge in [-0.25, -0.2) is 4.79 Å². The van der Waals surface area contributed by atoms with Crippen molar-refractivity contribution in [3.8, 4) is 0 Å². The fraction of sp³-hybridized carbons (Fsp3) is 0.429. The summed E-state index contributed by atoms with van der Waals surface area (Å²) in [6, 6.07) is 3.45. The van der Waals surface area contributed by atoms with Gasteiger partial charge in [-0.15, -0.1) is 0 Å². The third-order valence-corrected chi connectivity index (χ3v) is 2.79. The van der Waals surface area contributed by atoms with E-state index in [1.165, 1.54) is 19.2 Å². The van der Waals surface area contributed by atoms with Crippen molar-refractivity contribution in [3.63, 3.8) is 0 Å². The van der Waals surface area contributed by atoms with Crippen LogP contribution in [-0.4, -0.2) is 38.7 Å². The van der Waals surface area contributed by atoms with Crippen LogP contribution in [0.15, 0.2) is 24.3 Å². The van der Waals surface area contributed by atoms with E-state index < -0.39 is 29.7 Å². The molecule has 0 radical (unpaired) electrons. The summed E-state index contributed by atoms with van der Waals surface area (Å²) in [5.41, 5.74) is -0.570. The molecule has 0 aliphatic heterocycles. The van der Waals surface area contributed by atoms with E-state index >= 15 is 0 Å². The summed E-state index contributed by atoms with van der Waals surface area (Å²) >= 11 is 0. The number of esters is 1. The van der Waals surface area contributed by atoms with Crippen LogP contribution in [0.5, 0.6) is 0 Å². The number of ether oxygens (including phenoxy) is 2. The molecule has 8 heteroatoms. The molecule has 1 rings (SSSR count). The maximum Gasteiger partial charge on any atom is 0.416 e. The zero-order valence-corrected chi connectivity index (χ0v) is 12.1. The van der Waals surface area contributed by atoms with Crippen molar-refractivity contribution in [1.29, 1.82) is 0 Å². The van der Waals surface area contributed by atoms with Crippen LogP contribution < -0.4 is 5.32 Å². The number of hydrogen-bond acceptors (Lipinski definition) is 4. The second-order valence-electron chi connectivity index (χ2n) is 4.48. The van der Waals surface area contributed by atoms with Crippen molar-refractivity contribution in [2.24, 2.45) is 0 Å². The molecule has 0 saturated carbocycles. The van der Waals surface area contributed by atoms with Crippen LogP contribution in [-0.2, 0) is 31.7 Å². The highest BCUT2D eigenvalue weighted by Gasteiger charge is 2.31. The van der Waals surface area contributed by atoms with Gasteiger partial charge in [0.25, 0.3) is 0 Å². The molecule has 0 fully saturated rings. The molecule has 0 saturated heterocycles. The lowest BCUT2D eigenvalue weighted by Crippen LogP contribution is -2.44. The Bertz CT molecular complexity index is 531. The van der Waals surface area contributed by atoms with Gasteiger partial charge in [0.1, 0.15) is 12.6 Å². The van der Waals surface area contributed by atoms with E-state index in [1.807, 2.05) is 0 Å². The van der Waals surface area contributed by atoms with E-state index in [9.17, 15) is 22.8 Å². The largest absolute Gasteiger partial charge is 0.467 e. The first kappa shape index (κ1) is 18.0. The lowest BCUT2D eigenvalue weighted by atomic mass is 10.0. The van der Waals surface area contributed by atoms with Crippen molar-refractivity contribution in [2.75, 3.05) is 20.8 Å². The molecule has 0 unspecified atom stereocenters. The van der Waals surface area contributed by atoms with Crippen LogP contribution in [0.25, 0.3) is 0 Å². The van der Waals surface area contributed by atoms with E-state index in [0.29, 0.717) is 0 Å². The molecule has 0 spiro atoms. The number of alkyl halides is 3. The maximum absolute atomic E-state index is 12.7. The molecule has 1 aromatic rings. The number of carbonyl (C=O) groups is 2. The molecule has 0 aromatic heterocycles. The van der Waals surface area contributed by atoms with Gasteiger partial charge in [0.2, 0.25) is 5.91 Å². The predicted molar refractivity (Wildman–Crippen MR) is 71.0 cm³/mol. The molecule has 122 valence electrons. The zero-order valence-electron chi connectivity index (χ0n) is 12.1. The van der Waals surface area contributed by atoms with E-state index in [4.69, 9.17) is 0 Å². The third kappa shape index (κ3) is 5.36. The monoisotopic (exact) mass is 319 g/mol. The molecular formula is C14H16F3NO4. The van der Waals surface area contributed by atoms with Crippen LogP contribution in [0, 0.1) is 0 Å². The van der Waals surface area contributed by atoms with E-state index in [-0.39, 0.29) is 18.6 Å². The van der Waals surface area contributed by atoms with Gasteiger partial charge in [0.15, 0.2) is 0 Å². The molecule has 1 aromatic carbocycles. The first-order chi connectivity index (χ1) is 10.3. The Kier molecular flexibility index (Phi) is 6.36. The Labute approximate surface area is 125 Å². The molecular weight excluding hydrogens is 303 g/mol. The standard InChI is InChI=1S/C14H16F3NO4/c1-21-8-12(19)18-11(13(20)22-2)7-9-4-3-5-10(6-9)14(15,16)17/h3-6,11H,7-8H2,1-2H3,(H,18,19)/t11-/m1/s1. The van der Waals surface area contributed by atoms with Crippen LogP contribution in [0.2, 0.25) is 0 Å². The van der Waals surface area contributed by atoms with Gasteiger partial charge in [-0.3, -0.25) is 4.79 Å². The number of methoxy groups -OCH3 is 2. The lowest BCUT2D eigenvalue weighted by molar-refractivity contribution is -0.145. The SMILES string of the molecule is COCC(=O)N[C@H](Cc1cccc(C(F)(F)F)c1)C(=O)OC. The van der Waals surface area contributed by atoms with E-state index in [0.717, 1.165) is 19.2 Å². The van der Waals surface area contributed by atoms with Crippen molar-refractivity contribution in [3.05, 3.63) is 35.4 Å². The fourth-order valence-corrected chi connectivity index (χ4v) is 1.81. The maximum atomic E-state index is 12.7. The minimum atomic E-state index is -4.48. The molecule has 1 atom stereocenters. The summed E-state index contributed by atoms with van der Waals surface area (Å²) < 4.78 is 47.2. The van der Waals surface area contributed by atoms with Crippen molar-refractivity contribution in [2.45, 2.75) is 18.6 Å². The number of halogens is 3. The number of nitrogens with one attached hydrogen (secondary N) is 1. The van der Waals surface area contributed by atoms with Gasteiger partial charge >= 0.3 is 12.1 Å². The summed E-state index contributed by atoms with van der Waals surface area (Å²) in [6.07, 6.45) is -4.60. The first-order valence-corrected chi connectivity index (χ1v) is 6.30. The Balaban J connectivity index is 2.90. The predicted octanol–water partition coefficient (Wildman–Crippen LogP) is 1.55. The topological polar surface area (TPSA) is 64.6 Å². The lowest BCUT2D eigenvalue weighted by Gasteiger charge is -2.17. The molecule has 0 heterocycles. The first-order valence-electron chi connectivity index (χ1n) is 6.30. The molecule has 0 aliphatic rings. The number of hydrogen-bond donors (Lipinski definition) is 1. The van der Waals surface area contributed by atoms with Crippen molar-refractivity contribution in [1.82, 2.24) is 5.32 Å². The highest BCUT2D eigenvalue weighted by Crippen LogP contribution is 2.29. The van der Waals surface area contributed by atoms with Gasteiger partial charge < -0.3 is 14.8 Å². The van der Waals surface area contributed by atoms with E-state index in [1.54, 1.807) is 0 Å². The van der Waals surface area contributed by atoms with Crippen LogP contribution >= 0.6 is 0 Å². The number of amides is 1. The Morgan fingerprint density at radius 2 is 1.95 bits per heavy atom.